The van der Waals surface area contributed by atoms with E-state index in [0.717, 1.165) is 23.1 Å². The van der Waals surface area contributed by atoms with E-state index < -0.39 is 121 Å². The molecule has 12 nitrogen and oxygen atoms in total. The topological polar surface area (TPSA) is 158 Å². The van der Waals surface area contributed by atoms with Crippen LogP contribution in [0.3, 0.4) is 0 Å². The summed E-state index contributed by atoms with van der Waals surface area (Å²) in [7, 11) is -7.85. The van der Waals surface area contributed by atoms with Crippen molar-refractivity contribution >= 4 is 76.7 Å². The summed E-state index contributed by atoms with van der Waals surface area (Å²) in [4.78, 5) is 18.9. The van der Waals surface area contributed by atoms with Crippen molar-refractivity contribution in [3.63, 3.8) is 0 Å². The van der Waals surface area contributed by atoms with Crippen molar-refractivity contribution in [3.05, 3.63) is 90.5 Å². The molecule has 346 valence electrons. The highest BCUT2D eigenvalue weighted by Crippen LogP contribution is 2.68. The Morgan fingerprint density at radius 1 is 1.00 bits per heavy atom. The van der Waals surface area contributed by atoms with Crippen molar-refractivity contribution in [2.75, 3.05) is 11.0 Å². The molecule has 0 radical (unpaired) electrons. The highest BCUT2D eigenvalue weighted by Gasteiger charge is 2.67. The number of nitrogens with one attached hydrogen (secondary N) is 2. The quantitative estimate of drug-likeness (QED) is 0.0638. The van der Waals surface area contributed by atoms with Gasteiger partial charge in [0, 0.05) is 32.2 Å². The van der Waals surface area contributed by atoms with Gasteiger partial charge in [-0.25, -0.2) is 48.2 Å². The average molecular weight is 1080 g/mol. The number of anilines is 1. The van der Waals surface area contributed by atoms with Gasteiger partial charge in [-0.05, 0) is 104 Å². The van der Waals surface area contributed by atoms with E-state index in [2.05, 4.69) is 32.1 Å². The highest BCUT2D eigenvalue weighted by atomic mass is 127. The first-order valence-corrected chi connectivity index (χ1v) is 24.6. The lowest BCUT2D eigenvalue weighted by Crippen LogP contribution is -2.35. The fourth-order valence-corrected chi connectivity index (χ4v) is 11.4. The predicted octanol–water partition coefficient (Wildman–Crippen LogP) is 8.42. The Labute approximate surface area is 385 Å². The van der Waals surface area contributed by atoms with Crippen molar-refractivity contribution < 1.29 is 56.8 Å². The molecular formula is C41H35ClF8IN7O5S2. The van der Waals surface area contributed by atoms with Crippen LogP contribution in [0.5, 0.6) is 0 Å². The van der Waals surface area contributed by atoms with Crippen molar-refractivity contribution in [2.45, 2.75) is 93.4 Å². The number of benzene rings is 2. The molecule has 65 heavy (non-hydrogen) atoms. The molecule has 2 fully saturated rings. The average Bonchev–Trinajstić information content (AvgIpc) is 4.10. The number of pyridine rings is 1. The number of fused-ring (bicyclic) bond motifs is 4. The summed E-state index contributed by atoms with van der Waals surface area (Å²) in [6.07, 6.45) is -5.15. The number of carbonyl (C=O) groups is 1. The molecule has 3 aliphatic rings. The van der Waals surface area contributed by atoms with Crippen molar-refractivity contribution in [3.8, 4) is 23.0 Å². The maximum atomic E-state index is 15.5. The zero-order valence-corrected chi connectivity index (χ0v) is 38.6. The first kappa shape index (κ1) is 47.0. The second-order valence-corrected chi connectivity index (χ2v) is 22.7. The molecule has 3 aliphatic carbocycles. The Bertz CT molecular complexity index is 3080. The van der Waals surface area contributed by atoms with E-state index in [1.807, 2.05) is 22.6 Å². The van der Waals surface area contributed by atoms with Crippen LogP contribution in [0, 0.1) is 33.0 Å². The van der Waals surface area contributed by atoms with Gasteiger partial charge in [-0.1, -0.05) is 23.6 Å². The Hall–Kier alpha value is -4.54. The Morgan fingerprint density at radius 3 is 2.29 bits per heavy atom. The Balaban J connectivity index is 1.34. The highest BCUT2D eigenvalue weighted by molar-refractivity contribution is 14.1. The van der Waals surface area contributed by atoms with Gasteiger partial charge in [-0.2, -0.15) is 19.0 Å². The van der Waals surface area contributed by atoms with Crippen LogP contribution in [-0.4, -0.2) is 70.0 Å². The van der Waals surface area contributed by atoms with Crippen LogP contribution in [0.4, 0.5) is 40.9 Å². The number of hydrogen-bond donors (Lipinski definition) is 2. The van der Waals surface area contributed by atoms with Gasteiger partial charge in [0.05, 0.1) is 39.2 Å². The van der Waals surface area contributed by atoms with Crippen molar-refractivity contribution in [1.29, 1.82) is 0 Å². The zero-order chi connectivity index (χ0) is 47.3. The van der Waals surface area contributed by atoms with Gasteiger partial charge in [0.2, 0.25) is 15.9 Å². The first-order valence-electron chi connectivity index (χ1n) is 19.7. The van der Waals surface area contributed by atoms with Gasteiger partial charge in [-0.3, -0.25) is 18.9 Å². The van der Waals surface area contributed by atoms with Gasteiger partial charge in [0.1, 0.15) is 46.6 Å². The van der Waals surface area contributed by atoms with E-state index in [1.165, 1.54) is 32.0 Å². The molecule has 5 aromatic rings. The molecule has 3 atom stereocenters. The van der Waals surface area contributed by atoms with Gasteiger partial charge >= 0.3 is 0 Å². The number of sulfonamides is 1. The summed E-state index contributed by atoms with van der Waals surface area (Å²) in [5.74, 6) is -3.73. The maximum absolute atomic E-state index is 15.5. The van der Waals surface area contributed by atoms with Crippen LogP contribution >= 0.6 is 34.2 Å². The molecule has 2 N–H and O–H groups in total. The summed E-state index contributed by atoms with van der Waals surface area (Å²) in [6, 6.07) is 5.01. The van der Waals surface area contributed by atoms with E-state index in [4.69, 9.17) is 16.6 Å². The fraction of sp³-hybridized carbons (Fsp3) is 0.415. The van der Waals surface area contributed by atoms with Crippen LogP contribution in [0.1, 0.15) is 85.4 Å². The number of nitrogens with zero attached hydrogens (tertiary/aromatic N) is 5. The van der Waals surface area contributed by atoms with Crippen LogP contribution in [-0.2, 0) is 50.1 Å². The fourth-order valence-electron chi connectivity index (χ4n) is 8.29. The van der Waals surface area contributed by atoms with Gasteiger partial charge in [0.15, 0.2) is 15.7 Å². The number of rotatable bonds is 14. The first-order chi connectivity index (χ1) is 30.3. The lowest BCUT2D eigenvalue weighted by molar-refractivity contribution is -0.123. The molecule has 0 aliphatic heterocycles. The molecule has 0 spiro atoms. The number of aromatic nitrogens is 5. The normalized spacial score (nSPS) is 18.4. The van der Waals surface area contributed by atoms with E-state index in [1.54, 1.807) is 0 Å². The third kappa shape index (κ3) is 9.03. The number of alkyl halides is 6. The van der Waals surface area contributed by atoms with E-state index in [9.17, 15) is 48.0 Å². The van der Waals surface area contributed by atoms with Crippen LogP contribution < -0.4 is 10.0 Å². The summed E-state index contributed by atoms with van der Waals surface area (Å²) >= 11 is 8.42. The molecule has 3 aromatic heterocycles. The number of sulfone groups is 1. The standard InChI is InChI=1S/C41H35ClF8IN7O5S2/c1-40(2,65(62,63)21-4-5-21)9-8-28-27(51)15-23(22-6-7-26(42)33-36(22)57(16-30(45)46)55-39(33)56-64(3,60)61)34(53-28)29(12-18-10-19(43)13-20(44)11-18)52-31(59)17-58-37-32(35(54-58)38(47)48)24-14-25(24)41(37,49)50/h6-7,10-11,13,15,21,24-25,29-30,38H,4-5,12,14,16-17H2,1-3H3,(H,52,59)(H,55,56)/t24-,25+,29-/m0/s1. The number of amides is 1. The van der Waals surface area contributed by atoms with Crippen molar-refractivity contribution in [2.24, 2.45) is 5.92 Å². The molecule has 2 aromatic carbocycles. The molecule has 1 amide bonds. The second-order valence-electron chi connectivity index (χ2n) is 16.7. The smallest absolute Gasteiger partial charge is 0.293 e. The molecule has 3 heterocycles. The maximum Gasteiger partial charge on any atom is 0.293 e. The minimum Gasteiger partial charge on any atom is -0.346 e. The molecule has 0 saturated heterocycles. The van der Waals surface area contributed by atoms with Gasteiger partial charge < -0.3 is 5.32 Å². The number of carbonyl (C=O) groups excluding carboxylic acids is 1. The lowest BCUT2D eigenvalue weighted by Gasteiger charge is -2.24. The molecular weight excluding hydrogens is 1050 g/mol. The molecule has 24 heteroatoms. The van der Waals surface area contributed by atoms with Gasteiger partial charge in [-0.15, -0.1) is 0 Å². The zero-order valence-electron chi connectivity index (χ0n) is 34.0. The van der Waals surface area contributed by atoms with Crippen LogP contribution in [0.2, 0.25) is 5.02 Å². The summed E-state index contributed by atoms with van der Waals surface area (Å²) < 4.78 is 171. The predicted molar refractivity (Wildman–Crippen MR) is 231 cm³/mol. The number of hydrogen-bond acceptors (Lipinski definition) is 8. The third-order valence-electron chi connectivity index (χ3n) is 11.4. The molecule has 0 bridgehead atoms. The third-order valence-corrected chi connectivity index (χ3v) is 16.0. The number of halogens is 10. The van der Waals surface area contributed by atoms with E-state index in [-0.39, 0.29) is 59.6 Å². The largest absolute Gasteiger partial charge is 0.346 e. The summed E-state index contributed by atoms with van der Waals surface area (Å²) in [5, 5.41) is 9.57. The van der Waals surface area contributed by atoms with Crippen LogP contribution in [0.15, 0.2) is 36.4 Å². The summed E-state index contributed by atoms with van der Waals surface area (Å²) in [5.41, 5.74) is -2.58. The lowest BCUT2D eigenvalue weighted by atomic mass is 9.93. The summed E-state index contributed by atoms with van der Waals surface area (Å²) in [6.45, 7) is 0.691. The Morgan fingerprint density at radius 2 is 1.68 bits per heavy atom. The second kappa shape index (κ2) is 16.7. The molecule has 0 unspecified atom stereocenters. The van der Waals surface area contributed by atoms with E-state index in [0.29, 0.717) is 23.6 Å². The van der Waals surface area contributed by atoms with Crippen molar-refractivity contribution in [1.82, 2.24) is 29.9 Å². The minimum absolute atomic E-state index is 0.00145. The SMILES string of the molecule is CC(C)(C#Cc1nc([C@H](Cc2cc(F)cc(F)c2)NC(=O)Cn2nc(C(F)F)c3c2C(F)(F)[C@@H]2C[C@H]32)c(-c2ccc(Cl)c3c(NS(C)(=O)=O)nn(CC(F)F)c23)cc1I)S(=O)(=O)C1CC1. The van der Waals surface area contributed by atoms with E-state index >= 15 is 8.78 Å². The van der Waals surface area contributed by atoms with Gasteiger partial charge in [0.25, 0.3) is 18.8 Å². The Kier molecular flexibility index (Phi) is 12.0. The monoisotopic (exact) mass is 1080 g/mol. The minimum atomic E-state index is -4.09. The molecule has 8 rings (SSSR count). The molecule has 2 saturated carbocycles. The van der Waals surface area contributed by atoms with Crippen LogP contribution in [0.25, 0.3) is 22.0 Å².